The number of hydrogen-bond acceptors (Lipinski definition) is 4. The number of aliphatic carboxylic acids is 1. The topological polar surface area (TPSA) is 76.1 Å². The maximum Gasteiger partial charge on any atom is 0.306 e. The van der Waals surface area contributed by atoms with Crippen LogP contribution in [-0.2, 0) is 9.53 Å². The van der Waals surface area contributed by atoms with Gasteiger partial charge in [0.1, 0.15) is 5.75 Å². The van der Waals surface area contributed by atoms with Gasteiger partial charge in [0.15, 0.2) is 0 Å². The average Bonchev–Trinajstić information content (AvgIpc) is 2.58. The zero-order valence-electron chi connectivity index (χ0n) is 13.4. The summed E-state index contributed by atoms with van der Waals surface area (Å²) in [6.07, 6.45) is 1.81. The monoisotopic (exact) mass is 321 g/mol. The molecule has 0 unspecified atom stereocenters. The number of benzene rings is 1. The molecule has 1 heterocycles. The van der Waals surface area contributed by atoms with Crippen molar-refractivity contribution in [3.05, 3.63) is 29.8 Å². The van der Waals surface area contributed by atoms with Gasteiger partial charge in [-0.2, -0.15) is 0 Å². The lowest BCUT2D eigenvalue weighted by atomic mass is 9.96. The highest BCUT2D eigenvalue weighted by Crippen LogP contribution is 2.21. The van der Waals surface area contributed by atoms with Gasteiger partial charge in [-0.25, -0.2) is 0 Å². The molecule has 6 nitrogen and oxygen atoms in total. The second-order valence-corrected chi connectivity index (χ2v) is 5.63. The Morgan fingerprint density at radius 1 is 1.26 bits per heavy atom. The number of carbonyl (C=O) groups excluding carboxylic acids is 1. The summed E-state index contributed by atoms with van der Waals surface area (Å²) < 4.78 is 10.6. The summed E-state index contributed by atoms with van der Waals surface area (Å²) >= 11 is 0. The third kappa shape index (κ3) is 4.96. The van der Waals surface area contributed by atoms with Gasteiger partial charge in [0, 0.05) is 38.8 Å². The predicted molar refractivity (Wildman–Crippen MR) is 84.7 cm³/mol. The van der Waals surface area contributed by atoms with Crippen LogP contribution < -0.4 is 4.74 Å². The largest absolute Gasteiger partial charge is 0.493 e. The summed E-state index contributed by atoms with van der Waals surface area (Å²) in [6, 6.07) is 7.11. The number of nitrogens with zero attached hydrogens (tertiary/aromatic N) is 1. The van der Waals surface area contributed by atoms with Crippen molar-refractivity contribution in [2.45, 2.75) is 19.3 Å². The molecule has 0 saturated carbocycles. The molecule has 1 aromatic rings. The first-order valence-corrected chi connectivity index (χ1v) is 7.85. The second-order valence-electron chi connectivity index (χ2n) is 5.63. The van der Waals surface area contributed by atoms with Gasteiger partial charge in [-0.3, -0.25) is 9.59 Å². The van der Waals surface area contributed by atoms with Crippen LogP contribution in [0.4, 0.5) is 0 Å². The first-order valence-electron chi connectivity index (χ1n) is 7.85. The van der Waals surface area contributed by atoms with Crippen LogP contribution in [-0.4, -0.2) is 55.3 Å². The molecule has 1 aromatic carbocycles. The van der Waals surface area contributed by atoms with Crippen molar-refractivity contribution in [1.82, 2.24) is 4.90 Å². The highest BCUT2D eigenvalue weighted by Gasteiger charge is 2.27. The standard InChI is InChI=1S/C17H23NO5/c1-22-10-3-11-23-15-5-2-4-14(12-15)16(19)18-8-6-13(7-9-18)17(20)21/h2,4-5,12-13H,3,6-11H2,1H3,(H,20,21). The fraction of sp³-hybridized carbons (Fsp3) is 0.529. The molecule has 1 saturated heterocycles. The van der Waals surface area contributed by atoms with Crippen LogP contribution >= 0.6 is 0 Å². The molecular formula is C17H23NO5. The Balaban J connectivity index is 1.91. The van der Waals surface area contributed by atoms with E-state index in [0.29, 0.717) is 50.5 Å². The molecule has 1 aliphatic heterocycles. The number of carbonyl (C=O) groups is 2. The lowest BCUT2D eigenvalue weighted by Gasteiger charge is -2.30. The maximum absolute atomic E-state index is 12.5. The van der Waals surface area contributed by atoms with Crippen molar-refractivity contribution in [2.75, 3.05) is 33.4 Å². The maximum atomic E-state index is 12.5. The van der Waals surface area contributed by atoms with Gasteiger partial charge in [-0.05, 0) is 31.0 Å². The molecule has 2 rings (SSSR count). The molecule has 0 aromatic heterocycles. The number of carboxylic acid groups (broad SMARTS) is 1. The van der Waals surface area contributed by atoms with E-state index in [9.17, 15) is 9.59 Å². The molecule has 0 spiro atoms. The van der Waals surface area contributed by atoms with E-state index in [0.717, 1.165) is 6.42 Å². The molecular weight excluding hydrogens is 298 g/mol. The van der Waals surface area contributed by atoms with Crippen LogP contribution in [0.3, 0.4) is 0 Å². The predicted octanol–water partition coefficient (Wildman–Crippen LogP) is 2.04. The van der Waals surface area contributed by atoms with Gasteiger partial charge in [0.2, 0.25) is 0 Å². The van der Waals surface area contributed by atoms with Crippen molar-refractivity contribution in [1.29, 1.82) is 0 Å². The highest BCUT2D eigenvalue weighted by molar-refractivity contribution is 5.94. The van der Waals surface area contributed by atoms with Gasteiger partial charge in [-0.1, -0.05) is 6.07 Å². The zero-order valence-corrected chi connectivity index (χ0v) is 13.4. The summed E-state index contributed by atoms with van der Waals surface area (Å²) in [6.45, 7) is 2.13. The Morgan fingerprint density at radius 2 is 2.00 bits per heavy atom. The lowest BCUT2D eigenvalue weighted by molar-refractivity contribution is -0.143. The van der Waals surface area contributed by atoms with Crippen LogP contribution in [0.1, 0.15) is 29.6 Å². The third-order valence-corrected chi connectivity index (χ3v) is 3.97. The number of methoxy groups -OCH3 is 1. The molecule has 0 aliphatic carbocycles. The fourth-order valence-corrected chi connectivity index (χ4v) is 2.62. The minimum atomic E-state index is -0.774. The Hall–Kier alpha value is -2.08. The molecule has 23 heavy (non-hydrogen) atoms. The van der Waals surface area contributed by atoms with E-state index in [-0.39, 0.29) is 11.8 Å². The first kappa shape index (κ1) is 17.3. The number of carboxylic acids is 1. The van der Waals surface area contributed by atoms with E-state index >= 15 is 0 Å². The van der Waals surface area contributed by atoms with E-state index < -0.39 is 5.97 Å². The van der Waals surface area contributed by atoms with Crippen LogP contribution in [0.2, 0.25) is 0 Å². The summed E-state index contributed by atoms with van der Waals surface area (Å²) in [5.74, 6) is -0.526. The SMILES string of the molecule is COCCCOc1cccc(C(=O)N2CCC(C(=O)O)CC2)c1. The minimum Gasteiger partial charge on any atom is -0.493 e. The van der Waals surface area contributed by atoms with Gasteiger partial charge in [0.05, 0.1) is 12.5 Å². The molecule has 6 heteroatoms. The minimum absolute atomic E-state index is 0.0730. The lowest BCUT2D eigenvalue weighted by Crippen LogP contribution is -2.40. The van der Waals surface area contributed by atoms with Gasteiger partial charge >= 0.3 is 5.97 Å². The molecule has 126 valence electrons. The van der Waals surface area contributed by atoms with Crippen LogP contribution in [0.15, 0.2) is 24.3 Å². The number of likely N-dealkylation sites (tertiary alicyclic amines) is 1. The van der Waals surface area contributed by atoms with E-state index in [1.807, 2.05) is 6.07 Å². The van der Waals surface area contributed by atoms with Crippen LogP contribution in [0.25, 0.3) is 0 Å². The third-order valence-electron chi connectivity index (χ3n) is 3.97. The number of piperidine rings is 1. The number of rotatable bonds is 7. The van der Waals surface area contributed by atoms with Crippen LogP contribution in [0, 0.1) is 5.92 Å². The van der Waals surface area contributed by atoms with E-state index in [4.69, 9.17) is 14.6 Å². The van der Waals surface area contributed by atoms with Crippen molar-refractivity contribution in [3.63, 3.8) is 0 Å². The van der Waals surface area contributed by atoms with Gasteiger partial charge in [0.25, 0.3) is 5.91 Å². The van der Waals surface area contributed by atoms with Crippen molar-refractivity contribution in [2.24, 2.45) is 5.92 Å². The van der Waals surface area contributed by atoms with Gasteiger partial charge < -0.3 is 19.5 Å². The second kappa shape index (κ2) is 8.53. The smallest absolute Gasteiger partial charge is 0.306 e. The first-order chi connectivity index (χ1) is 11.1. The van der Waals surface area contributed by atoms with Crippen molar-refractivity contribution >= 4 is 11.9 Å². The molecule has 1 N–H and O–H groups in total. The molecule has 1 aliphatic rings. The average molecular weight is 321 g/mol. The van der Waals surface area contributed by atoms with Crippen molar-refractivity contribution in [3.8, 4) is 5.75 Å². The Labute approximate surface area is 136 Å². The molecule has 0 atom stereocenters. The fourth-order valence-electron chi connectivity index (χ4n) is 2.62. The molecule has 0 radical (unpaired) electrons. The van der Waals surface area contributed by atoms with E-state index in [2.05, 4.69) is 0 Å². The Kier molecular flexibility index (Phi) is 6.40. The normalized spacial score (nSPS) is 15.4. The number of amides is 1. The quantitative estimate of drug-likeness (QED) is 0.778. The Bertz CT molecular complexity index is 538. The summed E-state index contributed by atoms with van der Waals surface area (Å²) in [5.41, 5.74) is 0.572. The number of hydrogen-bond donors (Lipinski definition) is 1. The molecule has 1 fully saturated rings. The zero-order chi connectivity index (χ0) is 16.7. The summed E-state index contributed by atoms with van der Waals surface area (Å²) in [4.78, 5) is 25.2. The Morgan fingerprint density at radius 3 is 2.65 bits per heavy atom. The highest BCUT2D eigenvalue weighted by atomic mass is 16.5. The van der Waals surface area contributed by atoms with Crippen LogP contribution in [0.5, 0.6) is 5.75 Å². The summed E-state index contributed by atoms with van der Waals surface area (Å²) in [7, 11) is 1.65. The molecule has 1 amide bonds. The number of ether oxygens (including phenoxy) is 2. The van der Waals surface area contributed by atoms with Crippen molar-refractivity contribution < 1.29 is 24.2 Å². The van der Waals surface area contributed by atoms with Gasteiger partial charge in [-0.15, -0.1) is 0 Å². The molecule has 0 bridgehead atoms. The van der Waals surface area contributed by atoms with E-state index in [1.54, 1.807) is 30.2 Å². The summed E-state index contributed by atoms with van der Waals surface area (Å²) in [5, 5.41) is 9.01. The van der Waals surface area contributed by atoms with E-state index in [1.165, 1.54) is 0 Å².